The van der Waals surface area contributed by atoms with Gasteiger partial charge in [0.2, 0.25) is 0 Å². The lowest BCUT2D eigenvalue weighted by Gasteiger charge is -2.22. The molecule has 1 unspecified atom stereocenters. The average molecular weight is 336 g/mol. The summed E-state index contributed by atoms with van der Waals surface area (Å²) in [6.45, 7) is 0.706. The second-order valence-corrected chi connectivity index (χ2v) is 6.08. The number of halogens is 2. The standard InChI is InChI=1S/C15H15BrFN3/c16-12-4-10(5-13(17)6-12)15-19-8-11-3-9(7-18)1-2-14(11)20-15/h4-6,8-9H,1-3,7,18H2. The summed E-state index contributed by atoms with van der Waals surface area (Å²) < 4.78 is 14.1. The van der Waals surface area contributed by atoms with Crippen molar-refractivity contribution in [2.45, 2.75) is 19.3 Å². The third kappa shape index (κ3) is 2.74. The fraction of sp³-hybridized carbons (Fsp3) is 0.333. The summed E-state index contributed by atoms with van der Waals surface area (Å²) in [5.74, 6) is 0.814. The van der Waals surface area contributed by atoms with Crippen LogP contribution in [0.2, 0.25) is 0 Å². The number of nitrogens with zero attached hydrogens (tertiary/aromatic N) is 2. The Labute approximate surface area is 125 Å². The molecule has 104 valence electrons. The molecule has 0 spiro atoms. The normalized spacial score (nSPS) is 17.9. The lowest BCUT2D eigenvalue weighted by atomic mass is 9.87. The zero-order valence-electron chi connectivity index (χ0n) is 10.9. The van der Waals surface area contributed by atoms with E-state index < -0.39 is 0 Å². The van der Waals surface area contributed by atoms with Crippen LogP contribution in [0.5, 0.6) is 0 Å². The summed E-state index contributed by atoms with van der Waals surface area (Å²) in [7, 11) is 0. The van der Waals surface area contributed by atoms with Crippen molar-refractivity contribution in [2.75, 3.05) is 6.54 Å². The topological polar surface area (TPSA) is 51.8 Å². The molecule has 20 heavy (non-hydrogen) atoms. The smallest absolute Gasteiger partial charge is 0.159 e. The molecule has 0 aliphatic heterocycles. The molecule has 1 aliphatic rings. The molecule has 1 atom stereocenters. The van der Waals surface area contributed by atoms with E-state index in [1.165, 1.54) is 17.7 Å². The molecule has 0 radical (unpaired) electrons. The van der Waals surface area contributed by atoms with E-state index in [-0.39, 0.29) is 5.82 Å². The minimum absolute atomic E-state index is 0.293. The molecular formula is C15H15BrFN3. The maximum absolute atomic E-state index is 13.5. The van der Waals surface area contributed by atoms with E-state index in [1.54, 1.807) is 0 Å². The van der Waals surface area contributed by atoms with Crippen molar-refractivity contribution in [1.82, 2.24) is 9.97 Å². The van der Waals surface area contributed by atoms with Gasteiger partial charge in [-0.25, -0.2) is 14.4 Å². The highest BCUT2D eigenvalue weighted by atomic mass is 79.9. The van der Waals surface area contributed by atoms with Crippen molar-refractivity contribution < 1.29 is 4.39 Å². The number of hydrogen-bond donors (Lipinski definition) is 1. The number of nitrogens with two attached hydrogens (primary N) is 1. The summed E-state index contributed by atoms with van der Waals surface area (Å²) in [4.78, 5) is 8.97. The first kappa shape index (κ1) is 13.6. The van der Waals surface area contributed by atoms with Gasteiger partial charge in [-0.05, 0) is 55.5 Å². The molecule has 0 saturated heterocycles. The Bertz CT molecular complexity index is 625. The van der Waals surface area contributed by atoms with Crippen LogP contribution in [0, 0.1) is 11.7 Å². The maximum atomic E-state index is 13.5. The third-order valence-corrected chi connectivity index (χ3v) is 4.16. The molecule has 1 heterocycles. The molecular weight excluding hydrogens is 321 g/mol. The van der Waals surface area contributed by atoms with Gasteiger partial charge in [0, 0.05) is 21.9 Å². The van der Waals surface area contributed by atoms with E-state index in [1.807, 2.05) is 12.3 Å². The van der Waals surface area contributed by atoms with E-state index >= 15 is 0 Å². The molecule has 5 heteroatoms. The Balaban J connectivity index is 1.96. The van der Waals surface area contributed by atoms with Gasteiger partial charge in [-0.2, -0.15) is 0 Å². The fourth-order valence-corrected chi connectivity index (χ4v) is 3.07. The van der Waals surface area contributed by atoms with Gasteiger partial charge < -0.3 is 5.73 Å². The summed E-state index contributed by atoms with van der Waals surface area (Å²) in [5, 5.41) is 0. The van der Waals surface area contributed by atoms with Gasteiger partial charge >= 0.3 is 0 Å². The predicted octanol–water partition coefficient (Wildman–Crippen LogP) is 3.11. The SMILES string of the molecule is NCC1CCc2nc(-c3cc(F)cc(Br)c3)ncc2C1. The van der Waals surface area contributed by atoms with Crippen LogP contribution in [0.1, 0.15) is 17.7 Å². The third-order valence-electron chi connectivity index (χ3n) is 3.71. The van der Waals surface area contributed by atoms with Gasteiger partial charge in [0.15, 0.2) is 5.82 Å². The van der Waals surface area contributed by atoms with Crippen LogP contribution in [-0.2, 0) is 12.8 Å². The molecule has 1 aliphatic carbocycles. The molecule has 0 amide bonds. The van der Waals surface area contributed by atoms with Crippen LogP contribution >= 0.6 is 15.9 Å². The van der Waals surface area contributed by atoms with E-state index in [9.17, 15) is 4.39 Å². The van der Waals surface area contributed by atoms with Crippen LogP contribution in [0.4, 0.5) is 4.39 Å². The first-order valence-corrected chi connectivity index (χ1v) is 7.46. The van der Waals surface area contributed by atoms with Gasteiger partial charge in [-0.3, -0.25) is 0 Å². The number of benzene rings is 1. The summed E-state index contributed by atoms with van der Waals surface area (Å²) in [6.07, 6.45) is 4.78. The summed E-state index contributed by atoms with van der Waals surface area (Å²) in [6, 6.07) is 4.71. The minimum atomic E-state index is -0.293. The number of fused-ring (bicyclic) bond motifs is 1. The Hall–Kier alpha value is -1.33. The molecule has 0 bridgehead atoms. The summed E-state index contributed by atoms with van der Waals surface area (Å²) >= 11 is 3.29. The van der Waals surface area contributed by atoms with E-state index in [4.69, 9.17) is 5.73 Å². The van der Waals surface area contributed by atoms with Gasteiger partial charge in [-0.15, -0.1) is 0 Å². The monoisotopic (exact) mass is 335 g/mol. The quantitative estimate of drug-likeness (QED) is 0.917. The van der Waals surface area contributed by atoms with Crippen molar-refractivity contribution in [1.29, 1.82) is 0 Å². The number of rotatable bonds is 2. The van der Waals surface area contributed by atoms with Gasteiger partial charge in [0.05, 0.1) is 0 Å². The molecule has 1 aromatic heterocycles. The van der Waals surface area contributed by atoms with E-state index in [2.05, 4.69) is 25.9 Å². The lowest BCUT2D eigenvalue weighted by molar-refractivity contribution is 0.462. The van der Waals surface area contributed by atoms with Crippen LogP contribution in [-0.4, -0.2) is 16.5 Å². The maximum Gasteiger partial charge on any atom is 0.159 e. The van der Waals surface area contributed by atoms with E-state index in [0.717, 1.165) is 25.0 Å². The van der Waals surface area contributed by atoms with Crippen molar-refractivity contribution in [3.8, 4) is 11.4 Å². The number of aromatic nitrogens is 2. The highest BCUT2D eigenvalue weighted by Gasteiger charge is 2.19. The first-order chi connectivity index (χ1) is 9.65. The molecule has 0 saturated carbocycles. The van der Waals surface area contributed by atoms with E-state index in [0.29, 0.717) is 28.3 Å². The second-order valence-electron chi connectivity index (χ2n) is 5.17. The van der Waals surface area contributed by atoms with Gasteiger partial charge in [0.25, 0.3) is 0 Å². The number of hydrogen-bond acceptors (Lipinski definition) is 3. The Morgan fingerprint density at radius 3 is 2.95 bits per heavy atom. The van der Waals surface area contributed by atoms with Gasteiger partial charge in [-0.1, -0.05) is 15.9 Å². The van der Waals surface area contributed by atoms with Crippen LogP contribution in [0.3, 0.4) is 0 Å². The van der Waals surface area contributed by atoms with Crippen LogP contribution < -0.4 is 5.73 Å². The minimum Gasteiger partial charge on any atom is -0.330 e. The molecule has 2 aromatic rings. The molecule has 0 fully saturated rings. The zero-order chi connectivity index (χ0) is 14.1. The number of aryl methyl sites for hydroxylation is 1. The lowest BCUT2D eigenvalue weighted by Crippen LogP contribution is -2.23. The molecule has 1 aromatic carbocycles. The Morgan fingerprint density at radius 1 is 1.35 bits per heavy atom. The highest BCUT2D eigenvalue weighted by Crippen LogP contribution is 2.27. The zero-order valence-corrected chi connectivity index (χ0v) is 12.5. The largest absolute Gasteiger partial charge is 0.330 e. The van der Waals surface area contributed by atoms with Crippen molar-refractivity contribution in [2.24, 2.45) is 11.7 Å². The first-order valence-electron chi connectivity index (χ1n) is 6.67. The Morgan fingerprint density at radius 2 is 2.20 bits per heavy atom. The van der Waals surface area contributed by atoms with Crippen molar-refractivity contribution in [3.63, 3.8) is 0 Å². The highest BCUT2D eigenvalue weighted by molar-refractivity contribution is 9.10. The van der Waals surface area contributed by atoms with Crippen LogP contribution in [0.15, 0.2) is 28.9 Å². The molecule has 3 nitrogen and oxygen atoms in total. The Kier molecular flexibility index (Phi) is 3.81. The molecule has 3 rings (SSSR count). The predicted molar refractivity (Wildman–Crippen MR) is 79.7 cm³/mol. The summed E-state index contributed by atoms with van der Waals surface area (Å²) in [5.41, 5.74) is 8.66. The van der Waals surface area contributed by atoms with Crippen molar-refractivity contribution >= 4 is 15.9 Å². The van der Waals surface area contributed by atoms with Gasteiger partial charge in [0.1, 0.15) is 5.82 Å². The van der Waals surface area contributed by atoms with Crippen molar-refractivity contribution in [3.05, 3.63) is 45.9 Å². The average Bonchev–Trinajstić information content (AvgIpc) is 2.45. The second kappa shape index (κ2) is 5.58. The molecule has 2 N–H and O–H groups in total. The van der Waals surface area contributed by atoms with Crippen LogP contribution in [0.25, 0.3) is 11.4 Å². The fourth-order valence-electron chi connectivity index (χ4n) is 2.61.